The van der Waals surface area contributed by atoms with Crippen LogP contribution in [0.25, 0.3) is 0 Å². The van der Waals surface area contributed by atoms with E-state index >= 15 is 0 Å². The quantitative estimate of drug-likeness (QED) is 0.0658. The fourth-order valence-corrected chi connectivity index (χ4v) is 5.92. The van der Waals surface area contributed by atoms with Crippen molar-refractivity contribution in [3.63, 3.8) is 0 Å². The van der Waals surface area contributed by atoms with Gasteiger partial charge in [0.05, 0.1) is 6.61 Å². The molecule has 49 heavy (non-hydrogen) atoms. The Labute approximate surface area is 289 Å². The monoisotopic (exact) mass is 695 g/mol. The molecule has 0 spiro atoms. The lowest BCUT2D eigenvalue weighted by atomic mass is 9.81. The first-order valence-corrected chi connectivity index (χ1v) is 17.5. The van der Waals surface area contributed by atoms with Crippen LogP contribution in [0.15, 0.2) is 0 Å². The Hall–Kier alpha value is -3.79. The number of nitrogens with zero attached hydrogens (tertiary/aromatic N) is 1. The largest absolute Gasteiger partial charge is 0.380 e. The summed E-state index contributed by atoms with van der Waals surface area (Å²) in [6.45, 7) is 9.28. The van der Waals surface area contributed by atoms with Gasteiger partial charge in [-0.05, 0) is 63.7 Å². The van der Waals surface area contributed by atoms with E-state index in [1.807, 2.05) is 0 Å². The molecule has 3 atom stereocenters. The lowest BCUT2D eigenvalue weighted by Gasteiger charge is -2.30. The Morgan fingerprint density at radius 1 is 0.878 bits per heavy atom. The van der Waals surface area contributed by atoms with Crippen molar-refractivity contribution in [3.8, 4) is 0 Å². The maximum Gasteiger partial charge on any atom is 0.312 e. The molecule has 0 aromatic rings. The van der Waals surface area contributed by atoms with Crippen LogP contribution in [0.5, 0.6) is 0 Å². The van der Waals surface area contributed by atoms with E-state index in [0.29, 0.717) is 45.7 Å². The predicted octanol–water partition coefficient (Wildman–Crippen LogP) is -0.0625. The zero-order valence-corrected chi connectivity index (χ0v) is 29.5. The maximum absolute atomic E-state index is 13.0. The summed E-state index contributed by atoms with van der Waals surface area (Å²) in [7, 11) is 0. The first-order valence-electron chi connectivity index (χ1n) is 17.5. The van der Waals surface area contributed by atoms with Crippen LogP contribution >= 0.6 is 0 Å². The zero-order chi connectivity index (χ0) is 36.3. The molecule has 2 aliphatic rings. The molecule has 1 saturated carbocycles. The van der Waals surface area contributed by atoms with Crippen LogP contribution in [0, 0.1) is 23.7 Å². The highest BCUT2D eigenvalue weighted by atomic mass is 16.5. The Morgan fingerprint density at radius 2 is 1.57 bits per heavy atom. The van der Waals surface area contributed by atoms with E-state index in [1.54, 1.807) is 27.7 Å². The number of primary amides is 1. The van der Waals surface area contributed by atoms with Crippen LogP contribution in [0.3, 0.4) is 0 Å². The van der Waals surface area contributed by atoms with Gasteiger partial charge in [-0.3, -0.25) is 33.7 Å². The minimum Gasteiger partial charge on any atom is -0.380 e. The van der Waals surface area contributed by atoms with Gasteiger partial charge in [-0.1, -0.05) is 20.8 Å². The molecule has 1 aliphatic heterocycles. The average molecular weight is 696 g/mol. The van der Waals surface area contributed by atoms with E-state index in [0.717, 1.165) is 25.7 Å². The van der Waals surface area contributed by atoms with Crippen LogP contribution in [0.2, 0.25) is 0 Å². The molecule has 7 N–H and O–H groups in total. The standard InChI is InChI=1S/C33H57N7O9/c1-5-35-30(44)25(8-6-13-37-33(34)47)38-31(45)28(21(2)3)39-26(41)20-49-16-7-15-48-17-14-36-29(43)24-11-9-23(10-12-24)19-40-27(42)18-22(4)32(40)46/h21-25,28H,5-20H2,1-4H3,(H,35,44)(H,36,43)(H,38,45)(H,39,41)(H3,34,37,47)/t22?,23?,24?,25-,28-/m0/s1. The number of carbonyl (C=O) groups excluding carboxylic acids is 7. The summed E-state index contributed by atoms with van der Waals surface area (Å²) in [4.78, 5) is 87.1. The molecule has 1 heterocycles. The first-order chi connectivity index (χ1) is 23.3. The highest BCUT2D eigenvalue weighted by molar-refractivity contribution is 6.03. The Bertz CT molecular complexity index is 1130. The van der Waals surface area contributed by atoms with Crippen molar-refractivity contribution >= 4 is 41.5 Å². The number of nitrogens with one attached hydrogen (secondary N) is 5. The summed E-state index contributed by atoms with van der Waals surface area (Å²) in [6.07, 6.45) is 4.56. The normalized spacial score (nSPS) is 20.4. The summed E-state index contributed by atoms with van der Waals surface area (Å²) in [6, 6.07) is -2.41. The molecule has 0 bridgehead atoms. The molecule has 1 unspecified atom stereocenters. The van der Waals surface area contributed by atoms with Crippen molar-refractivity contribution in [3.05, 3.63) is 0 Å². The average Bonchev–Trinajstić information content (AvgIpc) is 3.29. The first kappa shape index (κ1) is 41.4. The zero-order valence-electron chi connectivity index (χ0n) is 29.5. The highest BCUT2D eigenvalue weighted by Gasteiger charge is 2.38. The van der Waals surface area contributed by atoms with Gasteiger partial charge in [0.1, 0.15) is 18.7 Å². The summed E-state index contributed by atoms with van der Waals surface area (Å²) in [5, 5.41) is 13.4. The van der Waals surface area contributed by atoms with Gasteiger partial charge < -0.3 is 41.8 Å². The molecule has 1 saturated heterocycles. The summed E-state index contributed by atoms with van der Waals surface area (Å²) >= 11 is 0. The molecular formula is C33H57N7O9. The van der Waals surface area contributed by atoms with E-state index in [9.17, 15) is 33.6 Å². The minimum absolute atomic E-state index is 0.0102. The van der Waals surface area contributed by atoms with Crippen molar-refractivity contribution in [1.82, 2.24) is 31.5 Å². The molecule has 278 valence electrons. The van der Waals surface area contributed by atoms with Gasteiger partial charge in [-0.2, -0.15) is 0 Å². The number of hydrogen-bond acceptors (Lipinski definition) is 9. The molecule has 1 aliphatic carbocycles. The van der Waals surface area contributed by atoms with Gasteiger partial charge in [-0.15, -0.1) is 0 Å². The number of carbonyl (C=O) groups is 7. The third-order valence-corrected chi connectivity index (χ3v) is 8.70. The Kier molecular flexibility index (Phi) is 18.6. The fourth-order valence-electron chi connectivity index (χ4n) is 5.92. The van der Waals surface area contributed by atoms with Gasteiger partial charge in [0.2, 0.25) is 35.4 Å². The van der Waals surface area contributed by atoms with Crippen molar-refractivity contribution in [2.45, 2.75) is 91.1 Å². The molecular weight excluding hydrogens is 638 g/mol. The van der Waals surface area contributed by atoms with Crippen molar-refractivity contribution < 1.29 is 43.0 Å². The number of likely N-dealkylation sites (N-methyl/N-ethyl adjacent to an activating group) is 1. The minimum atomic E-state index is -0.888. The predicted molar refractivity (Wildman–Crippen MR) is 179 cm³/mol. The smallest absolute Gasteiger partial charge is 0.312 e. The lowest BCUT2D eigenvalue weighted by molar-refractivity contribution is -0.140. The number of amides is 8. The van der Waals surface area contributed by atoms with Crippen LogP contribution < -0.4 is 32.3 Å². The number of ether oxygens (including phenoxy) is 2. The van der Waals surface area contributed by atoms with E-state index in [1.165, 1.54) is 4.90 Å². The van der Waals surface area contributed by atoms with E-state index in [4.69, 9.17) is 15.2 Å². The van der Waals surface area contributed by atoms with E-state index in [-0.39, 0.29) is 79.9 Å². The van der Waals surface area contributed by atoms with Crippen molar-refractivity contribution in [2.75, 3.05) is 52.6 Å². The molecule has 8 amide bonds. The maximum atomic E-state index is 13.0. The van der Waals surface area contributed by atoms with Crippen LogP contribution in [0.4, 0.5) is 4.79 Å². The third-order valence-electron chi connectivity index (χ3n) is 8.70. The molecule has 2 fully saturated rings. The van der Waals surface area contributed by atoms with Crippen LogP contribution in [-0.4, -0.2) is 111 Å². The van der Waals surface area contributed by atoms with Gasteiger partial charge in [0.15, 0.2) is 0 Å². The molecule has 0 aromatic carbocycles. The van der Waals surface area contributed by atoms with Crippen molar-refractivity contribution in [1.29, 1.82) is 0 Å². The number of likely N-dealkylation sites (tertiary alicyclic amines) is 1. The summed E-state index contributed by atoms with van der Waals surface area (Å²) < 4.78 is 11.0. The lowest BCUT2D eigenvalue weighted by Crippen LogP contribution is -2.55. The Balaban J connectivity index is 1.58. The summed E-state index contributed by atoms with van der Waals surface area (Å²) in [5.41, 5.74) is 5.07. The van der Waals surface area contributed by atoms with Crippen LogP contribution in [-0.2, 0) is 38.2 Å². The van der Waals surface area contributed by atoms with Gasteiger partial charge in [0.25, 0.3) is 0 Å². The molecule has 0 radical (unpaired) electrons. The SMILES string of the molecule is CCNC(=O)[C@H](CCCNC(N)=O)NC(=O)[C@@H](NC(=O)COCCCOCCNC(=O)C1CCC(CN2C(=O)CC(C)C2=O)CC1)C(C)C. The number of urea groups is 1. The summed E-state index contributed by atoms with van der Waals surface area (Å²) in [5.74, 6) is -1.87. The second-order valence-corrected chi connectivity index (χ2v) is 13.2. The topological polar surface area (TPSA) is 227 Å². The van der Waals surface area contributed by atoms with E-state index < -0.39 is 29.9 Å². The molecule has 2 rings (SSSR count). The van der Waals surface area contributed by atoms with Gasteiger partial charge in [-0.25, -0.2) is 4.79 Å². The fraction of sp³-hybridized carbons (Fsp3) is 0.788. The van der Waals surface area contributed by atoms with Crippen molar-refractivity contribution in [2.24, 2.45) is 29.4 Å². The van der Waals surface area contributed by atoms with Gasteiger partial charge >= 0.3 is 6.03 Å². The molecule has 16 heteroatoms. The number of hydrogen-bond donors (Lipinski definition) is 6. The number of imide groups is 1. The van der Waals surface area contributed by atoms with Crippen LogP contribution in [0.1, 0.15) is 79.1 Å². The molecule has 0 aromatic heterocycles. The third kappa shape index (κ3) is 15.1. The molecule has 16 nitrogen and oxygen atoms in total. The second-order valence-electron chi connectivity index (χ2n) is 13.2. The van der Waals surface area contributed by atoms with E-state index in [2.05, 4.69) is 26.6 Å². The Morgan fingerprint density at radius 3 is 2.18 bits per heavy atom. The number of rotatable bonds is 22. The van der Waals surface area contributed by atoms with Gasteiger partial charge in [0, 0.05) is 57.6 Å². The second kappa shape index (κ2) is 22.0. The number of nitrogens with two attached hydrogens (primary N) is 1. The highest BCUT2D eigenvalue weighted by Crippen LogP contribution is 2.31.